The molecule has 2 aromatic heterocycles. The number of fused-ring (bicyclic) bond motifs is 1. The molecule has 0 saturated heterocycles. The summed E-state index contributed by atoms with van der Waals surface area (Å²) in [5, 5.41) is 11.5. The summed E-state index contributed by atoms with van der Waals surface area (Å²) in [6.07, 6.45) is 1.53. The second-order valence-electron chi connectivity index (χ2n) is 6.77. The zero-order valence-corrected chi connectivity index (χ0v) is 19.9. The quantitative estimate of drug-likeness (QED) is 0.190. The molecule has 0 atom stereocenters. The van der Waals surface area contributed by atoms with Crippen molar-refractivity contribution in [3.8, 4) is 23.0 Å². The molecule has 0 spiro atoms. The van der Waals surface area contributed by atoms with Crippen molar-refractivity contribution in [3.05, 3.63) is 45.5 Å². The number of carbonyl (C=O) groups is 1. The molecule has 0 aliphatic rings. The summed E-state index contributed by atoms with van der Waals surface area (Å²) in [5.41, 5.74) is 10.8. The van der Waals surface area contributed by atoms with E-state index in [2.05, 4.69) is 48.4 Å². The maximum absolute atomic E-state index is 12.7. The number of benzene rings is 2. The lowest BCUT2D eigenvalue weighted by molar-refractivity contribution is -0.121. The fraction of sp³-hybridized carbons (Fsp3) is 0.190. The standard InChI is InChI=1S/C21H20IN7O4/c1-3-32-19-13(22)8-12(9-16(19)31-2)10-24-26-17(30)11-29-15-7-5-4-6-14(15)25-21(29)18-20(23)28-33-27-18/h4-10H,3,11H2,1-2H3,(H2,23,28)(H,26,30)/b24-10+. The first-order valence-electron chi connectivity index (χ1n) is 9.87. The van der Waals surface area contributed by atoms with Crippen LogP contribution in [0.25, 0.3) is 22.6 Å². The lowest BCUT2D eigenvalue weighted by atomic mass is 10.2. The number of amides is 1. The summed E-state index contributed by atoms with van der Waals surface area (Å²) in [6.45, 7) is 2.36. The zero-order chi connectivity index (χ0) is 23.4. The molecule has 0 saturated carbocycles. The van der Waals surface area contributed by atoms with Gasteiger partial charge >= 0.3 is 0 Å². The number of ether oxygens (including phenoxy) is 2. The van der Waals surface area contributed by atoms with Gasteiger partial charge < -0.3 is 19.8 Å². The van der Waals surface area contributed by atoms with E-state index >= 15 is 0 Å². The van der Waals surface area contributed by atoms with Crippen LogP contribution in [0.1, 0.15) is 12.5 Å². The van der Waals surface area contributed by atoms with E-state index in [-0.39, 0.29) is 24.0 Å². The number of imidazole rings is 1. The fourth-order valence-electron chi connectivity index (χ4n) is 3.22. The van der Waals surface area contributed by atoms with E-state index in [0.29, 0.717) is 29.4 Å². The molecule has 0 aliphatic carbocycles. The lowest BCUT2D eigenvalue weighted by Gasteiger charge is -2.12. The molecule has 11 nitrogen and oxygen atoms in total. The topological polar surface area (TPSA) is 143 Å². The van der Waals surface area contributed by atoms with E-state index in [1.54, 1.807) is 17.7 Å². The average molecular weight is 561 g/mol. The number of hydrogen-bond donors (Lipinski definition) is 2. The number of nitrogens with one attached hydrogen (secondary N) is 1. The Morgan fingerprint density at radius 1 is 1.33 bits per heavy atom. The number of nitrogen functional groups attached to an aromatic ring is 1. The van der Waals surface area contributed by atoms with Crippen LogP contribution in [0.3, 0.4) is 0 Å². The van der Waals surface area contributed by atoms with Crippen LogP contribution in [0, 0.1) is 3.57 Å². The summed E-state index contributed by atoms with van der Waals surface area (Å²) >= 11 is 2.16. The van der Waals surface area contributed by atoms with Crippen molar-refractivity contribution in [1.82, 2.24) is 25.3 Å². The Balaban J connectivity index is 1.54. The van der Waals surface area contributed by atoms with E-state index in [9.17, 15) is 4.79 Å². The van der Waals surface area contributed by atoms with Crippen LogP contribution in [-0.2, 0) is 11.3 Å². The minimum atomic E-state index is -0.363. The van der Waals surface area contributed by atoms with Crippen LogP contribution in [0.5, 0.6) is 11.5 Å². The third kappa shape index (κ3) is 4.74. The van der Waals surface area contributed by atoms with Gasteiger partial charge in [0.15, 0.2) is 28.8 Å². The van der Waals surface area contributed by atoms with Gasteiger partial charge in [-0.2, -0.15) is 5.10 Å². The lowest BCUT2D eigenvalue weighted by Crippen LogP contribution is -2.23. The molecule has 12 heteroatoms. The molecule has 33 heavy (non-hydrogen) atoms. The Morgan fingerprint density at radius 3 is 2.88 bits per heavy atom. The van der Waals surface area contributed by atoms with Gasteiger partial charge in [0.2, 0.25) is 0 Å². The number of nitrogens with zero attached hydrogens (tertiary/aromatic N) is 5. The van der Waals surface area contributed by atoms with Crippen LogP contribution in [0.4, 0.5) is 5.82 Å². The minimum Gasteiger partial charge on any atom is -0.493 e. The van der Waals surface area contributed by atoms with Crippen molar-refractivity contribution in [2.24, 2.45) is 5.10 Å². The highest BCUT2D eigenvalue weighted by atomic mass is 127. The van der Waals surface area contributed by atoms with E-state index in [0.717, 1.165) is 14.7 Å². The van der Waals surface area contributed by atoms with Crippen molar-refractivity contribution < 1.29 is 18.9 Å². The minimum absolute atomic E-state index is 0.0659. The van der Waals surface area contributed by atoms with Gasteiger partial charge in [0.1, 0.15) is 6.54 Å². The number of hydrazone groups is 1. The molecule has 0 unspecified atom stereocenters. The average Bonchev–Trinajstić information content (AvgIpc) is 3.38. The van der Waals surface area contributed by atoms with Crippen molar-refractivity contribution in [2.75, 3.05) is 19.5 Å². The van der Waals surface area contributed by atoms with Gasteiger partial charge in [0.05, 0.1) is 34.5 Å². The van der Waals surface area contributed by atoms with Gasteiger partial charge in [-0.05, 0) is 69.7 Å². The SMILES string of the molecule is CCOc1c(I)cc(/C=N/NC(=O)Cn2c(-c3nonc3N)nc3ccccc32)cc1OC. The molecule has 170 valence electrons. The molecule has 3 N–H and O–H groups in total. The number of methoxy groups -OCH3 is 1. The first-order valence-corrected chi connectivity index (χ1v) is 11.0. The zero-order valence-electron chi connectivity index (χ0n) is 17.8. The molecule has 2 aromatic carbocycles. The molecular formula is C21H20IN7O4. The van der Waals surface area contributed by atoms with Gasteiger partial charge in [-0.1, -0.05) is 12.1 Å². The summed E-state index contributed by atoms with van der Waals surface area (Å²) in [4.78, 5) is 17.2. The highest BCUT2D eigenvalue weighted by molar-refractivity contribution is 14.1. The molecule has 1 amide bonds. The Hall–Kier alpha value is -3.68. The summed E-state index contributed by atoms with van der Waals surface area (Å²) in [6, 6.07) is 11.0. The van der Waals surface area contributed by atoms with Crippen LogP contribution in [0.2, 0.25) is 0 Å². The normalized spacial score (nSPS) is 11.2. The summed E-state index contributed by atoms with van der Waals surface area (Å²) < 4.78 is 18.3. The predicted octanol–water partition coefficient (Wildman–Crippen LogP) is 2.83. The van der Waals surface area contributed by atoms with Crippen LogP contribution < -0.4 is 20.6 Å². The van der Waals surface area contributed by atoms with Gasteiger partial charge in [0.25, 0.3) is 5.91 Å². The highest BCUT2D eigenvalue weighted by Gasteiger charge is 2.20. The van der Waals surface area contributed by atoms with Gasteiger partial charge in [-0.15, -0.1) is 0 Å². The second kappa shape index (κ2) is 9.85. The van der Waals surface area contributed by atoms with Crippen molar-refractivity contribution in [3.63, 3.8) is 0 Å². The Kier molecular flexibility index (Phi) is 6.72. The number of nitrogens with two attached hydrogens (primary N) is 1. The van der Waals surface area contributed by atoms with Crippen molar-refractivity contribution >= 4 is 51.6 Å². The highest BCUT2D eigenvalue weighted by Crippen LogP contribution is 2.33. The molecule has 0 aliphatic heterocycles. The van der Waals surface area contributed by atoms with E-state index in [1.165, 1.54) is 6.21 Å². The maximum Gasteiger partial charge on any atom is 0.260 e. The molecule has 2 heterocycles. The van der Waals surface area contributed by atoms with Crippen LogP contribution in [-0.4, -0.2) is 45.7 Å². The number of halogens is 1. The molecule has 0 radical (unpaired) electrons. The number of rotatable bonds is 8. The molecule has 4 aromatic rings. The number of aromatic nitrogens is 4. The van der Waals surface area contributed by atoms with E-state index < -0.39 is 0 Å². The first kappa shape index (κ1) is 22.5. The predicted molar refractivity (Wildman–Crippen MR) is 130 cm³/mol. The Labute approximate surface area is 202 Å². The van der Waals surface area contributed by atoms with Crippen LogP contribution in [0.15, 0.2) is 46.1 Å². The molecule has 0 bridgehead atoms. The fourth-order valence-corrected chi connectivity index (χ4v) is 4.00. The molecule has 4 rings (SSSR count). The molecular weight excluding hydrogens is 541 g/mol. The number of anilines is 1. The molecule has 0 fully saturated rings. The summed E-state index contributed by atoms with van der Waals surface area (Å²) in [7, 11) is 1.57. The van der Waals surface area contributed by atoms with Gasteiger partial charge in [-0.3, -0.25) is 4.79 Å². The number of para-hydroxylation sites is 2. The number of carbonyl (C=O) groups excluding carboxylic acids is 1. The van der Waals surface area contributed by atoms with E-state index in [1.807, 2.05) is 37.3 Å². The van der Waals surface area contributed by atoms with Crippen molar-refractivity contribution in [2.45, 2.75) is 13.5 Å². The van der Waals surface area contributed by atoms with E-state index in [4.69, 9.17) is 19.8 Å². The monoisotopic (exact) mass is 561 g/mol. The largest absolute Gasteiger partial charge is 0.493 e. The second-order valence-corrected chi connectivity index (χ2v) is 7.93. The van der Waals surface area contributed by atoms with Crippen molar-refractivity contribution in [1.29, 1.82) is 0 Å². The number of hydrogen-bond acceptors (Lipinski definition) is 9. The Bertz CT molecular complexity index is 1330. The summed E-state index contributed by atoms with van der Waals surface area (Å²) in [5.74, 6) is 1.36. The van der Waals surface area contributed by atoms with Gasteiger partial charge in [-0.25, -0.2) is 15.0 Å². The maximum atomic E-state index is 12.7. The third-order valence-electron chi connectivity index (χ3n) is 4.63. The Morgan fingerprint density at radius 2 is 2.15 bits per heavy atom. The smallest absolute Gasteiger partial charge is 0.260 e. The first-order chi connectivity index (χ1) is 16.0. The van der Waals surface area contributed by atoms with Crippen LogP contribution >= 0.6 is 22.6 Å². The third-order valence-corrected chi connectivity index (χ3v) is 5.43. The van der Waals surface area contributed by atoms with Gasteiger partial charge in [0, 0.05) is 0 Å².